The first-order valence-corrected chi connectivity index (χ1v) is 4.66. The van der Waals surface area contributed by atoms with Crippen LogP contribution in [0.15, 0.2) is 11.0 Å². The Kier molecular flexibility index (Phi) is 3.05. The summed E-state index contributed by atoms with van der Waals surface area (Å²) in [5.41, 5.74) is -0.837. The Bertz CT molecular complexity index is 393. The molecule has 0 fully saturated rings. The first-order chi connectivity index (χ1) is 6.49. The van der Waals surface area contributed by atoms with Crippen LogP contribution in [-0.2, 0) is 0 Å². The topological polar surface area (TPSA) is 37.3 Å². The van der Waals surface area contributed by atoms with E-state index in [1.807, 2.05) is 0 Å². The lowest BCUT2D eigenvalue weighted by atomic mass is 10.2. The predicted octanol–water partition coefficient (Wildman–Crippen LogP) is 2.52. The summed E-state index contributed by atoms with van der Waals surface area (Å²) in [6.07, 6.45) is 1.44. The van der Waals surface area contributed by atoms with E-state index in [1.54, 1.807) is 0 Å². The first kappa shape index (κ1) is 10.9. The average Bonchev–Trinajstić information content (AvgIpc) is 2.12. The third-order valence-corrected chi connectivity index (χ3v) is 2.32. The van der Waals surface area contributed by atoms with Crippen LogP contribution in [0.3, 0.4) is 0 Å². The number of rotatable bonds is 2. The Hall–Kier alpha value is -1.17. The van der Waals surface area contributed by atoms with Crippen molar-refractivity contribution in [3.8, 4) is 0 Å². The lowest BCUT2D eigenvalue weighted by Crippen LogP contribution is -2.07. The van der Waals surface area contributed by atoms with Crippen LogP contribution < -0.4 is 0 Å². The standard InChI is InChI=1S/C8H5F3O2S/c1-14-4-2-3(9)6(10)7(11)5(4)8(12)13/h2H,1H3,(H,12,13). The van der Waals surface area contributed by atoms with Crippen LogP contribution in [0.5, 0.6) is 0 Å². The summed E-state index contributed by atoms with van der Waals surface area (Å²) >= 11 is 0.833. The molecule has 0 aliphatic heterocycles. The van der Waals surface area contributed by atoms with Crippen LogP contribution in [-0.4, -0.2) is 17.3 Å². The van der Waals surface area contributed by atoms with Gasteiger partial charge in [0.15, 0.2) is 17.5 Å². The molecule has 0 unspecified atom stereocenters. The molecule has 0 heterocycles. The molecular weight excluding hydrogens is 217 g/mol. The number of carboxylic acids is 1. The molecule has 14 heavy (non-hydrogen) atoms. The molecule has 6 heteroatoms. The van der Waals surface area contributed by atoms with Crippen LogP contribution in [0, 0.1) is 17.5 Å². The molecule has 2 nitrogen and oxygen atoms in total. The lowest BCUT2D eigenvalue weighted by molar-refractivity contribution is 0.0686. The van der Waals surface area contributed by atoms with Crippen LogP contribution in [0.1, 0.15) is 10.4 Å². The van der Waals surface area contributed by atoms with Gasteiger partial charge < -0.3 is 5.11 Å². The fourth-order valence-corrected chi connectivity index (χ4v) is 1.54. The van der Waals surface area contributed by atoms with Crippen LogP contribution >= 0.6 is 11.8 Å². The number of halogens is 3. The van der Waals surface area contributed by atoms with Crippen molar-refractivity contribution in [1.29, 1.82) is 0 Å². The van der Waals surface area contributed by atoms with Crippen LogP contribution in [0.2, 0.25) is 0 Å². The third-order valence-electron chi connectivity index (χ3n) is 1.56. The highest BCUT2D eigenvalue weighted by Gasteiger charge is 2.22. The predicted molar refractivity (Wildman–Crippen MR) is 45.1 cm³/mol. The summed E-state index contributed by atoms with van der Waals surface area (Å²) in [7, 11) is 0. The van der Waals surface area contributed by atoms with E-state index >= 15 is 0 Å². The highest BCUT2D eigenvalue weighted by molar-refractivity contribution is 7.98. The molecular formula is C8H5F3O2S. The summed E-state index contributed by atoms with van der Waals surface area (Å²) in [5.74, 6) is -6.44. The van der Waals surface area contributed by atoms with E-state index in [4.69, 9.17) is 5.11 Å². The molecule has 0 amide bonds. The highest BCUT2D eigenvalue weighted by Crippen LogP contribution is 2.26. The molecule has 0 bridgehead atoms. The molecule has 0 saturated heterocycles. The molecule has 0 radical (unpaired) electrons. The Labute approximate surface area is 81.7 Å². The molecule has 1 N–H and O–H groups in total. The van der Waals surface area contributed by atoms with Gasteiger partial charge in [-0.25, -0.2) is 18.0 Å². The van der Waals surface area contributed by atoms with Crippen molar-refractivity contribution in [2.24, 2.45) is 0 Å². The van der Waals surface area contributed by atoms with Gasteiger partial charge in [0.2, 0.25) is 0 Å². The van der Waals surface area contributed by atoms with E-state index in [-0.39, 0.29) is 4.90 Å². The number of carbonyl (C=O) groups is 1. The Morgan fingerprint density at radius 1 is 1.36 bits per heavy atom. The zero-order valence-corrected chi connectivity index (χ0v) is 7.79. The Morgan fingerprint density at radius 2 is 1.93 bits per heavy atom. The Morgan fingerprint density at radius 3 is 2.36 bits per heavy atom. The van der Waals surface area contributed by atoms with Crippen molar-refractivity contribution < 1.29 is 23.1 Å². The zero-order chi connectivity index (χ0) is 10.9. The number of hydrogen-bond donors (Lipinski definition) is 1. The summed E-state index contributed by atoms with van der Waals surface area (Å²) in [6, 6.07) is 0.659. The quantitative estimate of drug-likeness (QED) is 0.617. The van der Waals surface area contributed by atoms with Gasteiger partial charge in [0.1, 0.15) is 5.56 Å². The third kappa shape index (κ3) is 1.70. The largest absolute Gasteiger partial charge is 0.478 e. The lowest BCUT2D eigenvalue weighted by Gasteiger charge is -2.05. The van der Waals surface area contributed by atoms with Gasteiger partial charge in [0.25, 0.3) is 0 Å². The van der Waals surface area contributed by atoms with Gasteiger partial charge in [0, 0.05) is 4.90 Å². The number of benzene rings is 1. The minimum absolute atomic E-state index is 0.145. The van der Waals surface area contributed by atoms with Crippen molar-refractivity contribution in [2.75, 3.05) is 6.26 Å². The van der Waals surface area contributed by atoms with Gasteiger partial charge >= 0.3 is 5.97 Å². The van der Waals surface area contributed by atoms with Gasteiger partial charge in [-0.05, 0) is 12.3 Å². The summed E-state index contributed by atoms with van der Waals surface area (Å²) in [6.45, 7) is 0. The normalized spacial score (nSPS) is 10.3. The van der Waals surface area contributed by atoms with E-state index in [0.29, 0.717) is 6.07 Å². The maximum Gasteiger partial charge on any atom is 0.339 e. The second-order valence-electron chi connectivity index (χ2n) is 2.37. The molecule has 0 aromatic heterocycles. The van der Waals surface area contributed by atoms with E-state index in [1.165, 1.54) is 6.26 Å². The van der Waals surface area contributed by atoms with Crippen molar-refractivity contribution >= 4 is 17.7 Å². The van der Waals surface area contributed by atoms with E-state index in [9.17, 15) is 18.0 Å². The first-order valence-electron chi connectivity index (χ1n) is 3.43. The molecule has 0 atom stereocenters. The number of hydrogen-bond acceptors (Lipinski definition) is 2. The summed E-state index contributed by atoms with van der Waals surface area (Å²) in [4.78, 5) is 10.4. The van der Waals surface area contributed by atoms with Gasteiger partial charge in [-0.3, -0.25) is 0 Å². The zero-order valence-electron chi connectivity index (χ0n) is 6.97. The molecule has 0 spiro atoms. The van der Waals surface area contributed by atoms with Crippen LogP contribution in [0.4, 0.5) is 13.2 Å². The van der Waals surface area contributed by atoms with E-state index in [2.05, 4.69) is 0 Å². The number of carboxylic acid groups (broad SMARTS) is 1. The molecule has 1 aromatic carbocycles. The molecule has 0 aliphatic carbocycles. The molecule has 0 aliphatic rings. The molecule has 1 aromatic rings. The van der Waals surface area contributed by atoms with Gasteiger partial charge in [-0.15, -0.1) is 11.8 Å². The Balaban J connectivity index is 3.53. The summed E-state index contributed by atoms with van der Waals surface area (Å²) < 4.78 is 38.2. The minimum atomic E-state index is -1.76. The number of aromatic carboxylic acids is 1. The van der Waals surface area contributed by atoms with E-state index < -0.39 is 29.0 Å². The van der Waals surface area contributed by atoms with Crippen molar-refractivity contribution in [2.45, 2.75) is 4.90 Å². The highest BCUT2D eigenvalue weighted by atomic mass is 32.2. The van der Waals surface area contributed by atoms with Crippen molar-refractivity contribution in [3.05, 3.63) is 29.1 Å². The SMILES string of the molecule is CSc1cc(F)c(F)c(F)c1C(=O)O. The smallest absolute Gasteiger partial charge is 0.339 e. The fourth-order valence-electron chi connectivity index (χ4n) is 0.934. The monoisotopic (exact) mass is 222 g/mol. The maximum absolute atomic E-state index is 13.0. The van der Waals surface area contributed by atoms with Gasteiger partial charge in [-0.1, -0.05) is 0 Å². The van der Waals surface area contributed by atoms with Gasteiger partial charge in [0.05, 0.1) is 0 Å². The molecule has 76 valence electrons. The minimum Gasteiger partial charge on any atom is -0.478 e. The van der Waals surface area contributed by atoms with Crippen LogP contribution in [0.25, 0.3) is 0 Å². The fraction of sp³-hybridized carbons (Fsp3) is 0.125. The molecule has 1 rings (SSSR count). The number of thioether (sulfide) groups is 1. The second-order valence-corrected chi connectivity index (χ2v) is 3.22. The average molecular weight is 222 g/mol. The molecule has 0 saturated carbocycles. The van der Waals surface area contributed by atoms with Gasteiger partial charge in [-0.2, -0.15) is 0 Å². The van der Waals surface area contributed by atoms with E-state index in [0.717, 1.165) is 11.8 Å². The van der Waals surface area contributed by atoms with Crippen molar-refractivity contribution in [1.82, 2.24) is 0 Å². The second kappa shape index (κ2) is 3.91. The summed E-state index contributed by atoms with van der Waals surface area (Å²) in [5, 5.41) is 8.55. The maximum atomic E-state index is 13.0. The van der Waals surface area contributed by atoms with Crippen molar-refractivity contribution in [3.63, 3.8) is 0 Å².